The van der Waals surface area contributed by atoms with Gasteiger partial charge in [0.2, 0.25) is 0 Å². The molecule has 1 aliphatic carbocycles. The molecule has 3 saturated heterocycles. The Labute approximate surface area is 164 Å². The quantitative estimate of drug-likeness (QED) is 0.672. The van der Waals surface area contributed by atoms with Crippen LogP contribution in [-0.4, -0.2) is 43.3 Å². The average Bonchev–Trinajstić information content (AvgIpc) is 2.69. The van der Waals surface area contributed by atoms with Crippen molar-refractivity contribution in [2.24, 2.45) is 5.41 Å². The van der Waals surface area contributed by atoms with Gasteiger partial charge in [0.1, 0.15) is 0 Å². The lowest BCUT2D eigenvalue weighted by atomic mass is 9.67. The third kappa shape index (κ3) is 3.70. The van der Waals surface area contributed by atoms with Gasteiger partial charge in [-0.25, -0.2) is 0 Å². The molecule has 7 heteroatoms. The number of hydrogen-bond acceptors (Lipinski definition) is 6. The van der Waals surface area contributed by atoms with Gasteiger partial charge in [-0.15, -0.1) is 23.5 Å². The van der Waals surface area contributed by atoms with Crippen LogP contribution in [0.25, 0.3) is 0 Å². The van der Waals surface area contributed by atoms with E-state index in [1.807, 2.05) is 30.4 Å². The molecule has 4 aliphatic rings. The lowest BCUT2D eigenvalue weighted by Crippen LogP contribution is -2.57. The third-order valence-electron chi connectivity index (χ3n) is 5.91. The normalized spacial score (nSPS) is 32.7. The smallest absolute Gasteiger partial charge is 0.296 e. The minimum atomic E-state index is -3.71. The Hall–Kier alpha value is -0.210. The van der Waals surface area contributed by atoms with Gasteiger partial charge in [-0.2, -0.15) is 8.42 Å². The number of hydrogen-bond donors (Lipinski definition) is 0. The summed E-state index contributed by atoms with van der Waals surface area (Å²) < 4.78 is 37.4. The highest BCUT2D eigenvalue weighted by Gasteiger charge is 2.54. The topological polar surface area (TPSA) is 52.6 Å². The van der Waals surface area contributed by atoms with Crippen molar-refractivity contribution in [2.75, 3.05) is 24.7 Å². The second-order valence-corrected chi connectivity index (χ2v) is 12.1. The van der Waals surface area contributed by atoms with Crippen LogP contribution in [0.5, 0.6) is 0 Å². The van der Waals surface area contributed by atoms with Gasteiger partial charge in [-0.05, 0) is 62.7 Å². The zero-order valence-electron chi connectivity index (χ0n) is 15.1. The Morgan fingerprint density at radius 1 is 1.12 bits per heavy atom. The maximum atomic E-state index is 12.5. The standard InChI is InChI=1S/C19H26O4S3/c1-15-3-5-16(6-4-15)26(20,21)23-14-18-7-9-19(10-8-18,22-13-18)17-24-11-2-12-25-17/h3-6,17H,2,7-14H2,1H3. The van der Waals surface area contributed by atoms with Crippen LogP contribution in [0.3, 0.4) is 0 Å². The van der Waals surface area contributed by atoms with Crippen molar-refractivity contribution in [1.82, 2.24) is 0 Å². The van der Waals surface area contributed by atoms with Crippen molar-refractivity contribution >= 4 is 33.6 Å². The highest BCUT2D eigenvalue weighted by atomic mass is 32.2. The van der Waals surface area contributed by atoms with E-state index >= 15 is 0 Å². The molecule has 4 fully saturated rings. The van der Waals surface area contributed by atoms with Crippen LogP contribution in [0.4, 0.5) is 0 Å². The van der Waals surface area contributed by atoms with Crippen LogP contribution >= 0.6 is 23.5 Å². The summed E-state index contributed by atoms with van der Waals surface area (Å²) >= 11 is 4.09. The molecule has 1 saturated carbocycles. The Kier molecular flexibility index (Phi) is 5.38. The Balaban J connectivity index is 1.39. The monoisotopic (exact) mass is 414 g/mol. The zero-order valence-corrected chi connectivity index (χ0v) is 17.6. The molecule has 0 spiro atoms. The van der Waals surface area contributed by atoms with Crippen molar-refractivity contribution in [2.45, 2.75) is 54.1 Å². The molecule has 144 valence electrons. The number of aryl methyl sites for hydroxylation is 1. The van der Waals surface area contributed by atoms with Crippen LogP contribution < -0.4 is 0 Å². The Morgan fingerprint density at radius 3 is 2.35 bits per heavy atom. The van der Waals surface area contributed by atoms with Gasteiger partial charge in [-0.3, -0.25) is 4.18 Å². The maximum absolute atomic E-state index is 12.5. The lowest BCUT2D eigenvalue weighted by Gasteiger charge is -2.55. The third-order valence-corrected chi connectivity index (χ3v) is 10.5. The molecule has 5 rings (SSSR count). The Bertz CT molecular complexity index is 714. The molecule has 0 unspecified atom stereocenters. The van der Waals surface area contributed by atoms with Gasteiger partial charge in [-0.1, -0.05) is 17.7 Å². The molecule has 2 bridgehead atoms. The fourth-order valence-electron chi connectivity index (χ4n) is 4.05. The summed E-state index contributed by atoms with van der Waals surface area (Å²) in [4.78, 5) is 0.233. The van der Waals surface area contributed by atoms with E-state index in [1.54, 1.807) is 24.3 Å². The van der Waals surface area contributed by atoms with Crippen LogP contribution in [0, 0.1) is 12.3 Å². The molecule has 0 radical (unpaired) electrons. The summed E-state index contributed by atoms with van der Waals surface area (Å²) in [5, 5.41) is 0. The number of fused-ring (bicyclic) bond motifs is 3. The van der Waals surface area contributed by atoms with Crippen LogP contribution in [0.15, 0.2) is 29.2 Å². The second-order valence-electron chi connectivity index (χ2n) is 7.81. The van der Waals surface area contributed by atoms with Gasteiger partial charge in [0.05, 0.1) is 28.3 Å². The molecule has 26 heavy (non-hydrogen) atoms. The fraction of sp³-hybridized carbons (Fsp3) is 0.684. The summed E-state index contributed by atoms with van der Waals surface area (Å²) in [6.07, 6.45) is 5.32. The molecule has 1 aromatic rings. The van der Waals surface area contributed by atoms with Gasteiger partial charge < -0.3 is 4.74 Å². The lowest BCUT2D eigenvalue weighted by molar-refractivity contribution is -0.183. The van der Waals surface area contributed by atoms with Gasteiger partial charge in [0.25, 0.3) is 10.1 Å². The molecule has 0 aromatic heterocycles. The number of ether oxygens (including phenoxy) is 1. The van der Waals surface area contributed by atoms with Crippen molar-refractivity contribution < 1.29 is 17.3 Å². The van der Waals surface area contributed by atoms with Gasteiger partial charge >= 0.3 is 0 Å². The molecule has 0 N–H and O–H groups in total. The van der Waals surface area contributed by atoms with E-state index < -0.39 is 10.1 Å². The summed E-state index contributed by atoms with van der Waals surface area (Å²) in [6, 6.07) is 6.83. The van der Waals surface area contributed by atoms with Crippen LogP contribution in [0.1, 0.15) is 37.7 Å². The van der Waals surface area contributed by atoms with E-state index in [4.69, 9.17) is 8.92 Å². The molecule has 0 atom stereocenters. The van der Waals surface area contributed by atoms with E-state index in [0.717, 1.165) is 31.2 Å². The van der Waals surface area contributed by atoms with E-state index in [1.165, 1.54) is 17.9 Å². The summed E-state index contributed by atoms with van der Waals surface area (Å²) in [6.45, 7) is 2.78. The van der Waals surface area contributed by atoms with E-state index in [0.29, 0.717) is 11.2 Å². The Morgan fingerprint density at radius 2 is 1.77 bits per heavy atom. The highest BCUT2D eigenvalue weighted by Crippen LogP contribution is 2.55. The van der Waals surface area contributed by atoms with E-state index in [2.05, 4.69) is 0 Å². The SMILES string of the molecule is Cc1ccc(S(=O)(=O)OCC23CCC(C4SCCCS4)(CC2)OC3)cc1. The predicted octanol–water partition coefficient (Wildman–Crippen LogP) is 4.23. The van der Waals surface area contributed by atoms with Crippen LogP contribution in [0.2, 0.25) is 0 Å². The molecule has 3 aliphatic heterocycles. The fourth-order valence-corrected chi connectivity index (χ4v) is 8.47. The molecule has 3 heterocycles. The largest absolute Gasteiger partial charge is 0.372 e. The number of benzene rings is 1. The van der Waals surface area contributed by atoms with Gasteiger partial charge in [0.15, 0.2) is 0 Å². The van der Waals surface area contributed by atoms with Gasteiger partial charge in [0, 0.05) is 5.41 Å². The first-order chi connectivity index (χ1) is 12.4. The zero-order chi connectivity index (χ0) is 18.3. The van der Waals surface area contributed by atoms with Crippen molar-refractivity contribution in [3.05, 3.63) is 29.8 Å². The molecular formula is C19H26O4S3. The van der Waals surface area contributed by atoms with Crippen molar-refractivity contribution in [1.29, 1.82) is 0 Å². The molecular weight excluding hydrogens is 388 g/mol. The number of thioether (sulfide) groups is 2. The minimum absolute atomic E-state index is 0.00661. The first-order valence-corrected chi connectivity index (χ1v) is 12.8. The highest BCUT2D eigenvalue weighted by molar-refractivity contribution is 8.17. The summed E-state index contributed by atoms with van der Waals surface area (Å²) in [5.74, 6) is 2.46. The number of rotatable bonds is 5. The van der Waals surface area contributed by atoms with Crippen molar-refractivity contribution in [3.63, 3.8) is 0 Å². The molecule has 1 aromatic carbocycles. The molecule has 0 amide bonds. The van der Waals surface area contributed by atoms with E-state index in [9.17, 15) is 8.42 Å². The summed E-state index contributed by atoms with van der Waals surface area (Å²) in [7, 11) is -3.71. The summed E-state index contributed by atoms with van der Waals surface area (Å²) in [5.41, 5.74) is 0.877. The van der Waals surface area contributed by atoms with Crippen LogP contribution in [-0.2, 0) is 19.0 Å². The first-order valence-electron chi connectivity index (χ1n) is 9.27. The van der Waals surface area contributed by atoms with Crippen molar-refractivity contribution in [3.8, 4) is 0 Å². The minimum Gasteiger partial charge on any atom is -0.372 e. The predicted molar refractivity (Wildman–Crippen MR) is 107 cm³/mol. The van der Waals surface area contributed by atoms with E-state index in [-0.39, 0.29) is 22.5 Å². The maximum Gasteiger partial charge on any atom is 0.296 e. The molecule has 4 nitrogen and oxygen atoms in total. The second kappa shape index (κ2) is 7.32. The average molecular weight is 415 g/mol. The first kappa shape index (κ1) is 19.1.